The van der Waals surface area contributed by atoms with Crippen molar-refractivity contribution >= 4 is 22.8 Å². The monoisotopic (exact) mass is 390 g/mol. The second-order valence-corrected chi connectivity index (χ2v) is 7.59. The fourth-order valence-corrected chi connectivity index (χ4v) is 4.23. The van der Waals surface area contributed by atoms with Gasteiger partial charge in [-0.3, -0.25) is 4.79 Å². The van der Waals surface area contributed by atoms with E-state index < -0.39 is 0 Å². The summed E-state index contributed by atoms with van der Waals surface area (Å²) >= 11 is 0. The zero-order valence-electron chi connectivity index (χ0n) is 17.0. The van der Waals surface area contributed by atoms with Crippen LogP contribution in [0.3, 0.4) is 0 Å². The van der Waals surface area contributed by atoms with Crippen molar-refractivity contribution in [3.05, 3.63) is 70.9 Å². The highest BCUT2D eigenvalue weighted by molar-refractivity contribution is 5.90. The summed E-state index contributed by atoms with van der Waals surface area (Å²) in [7, 11) is 0. The van der Waals surface area contributed by atoms with E-state index in [9.17, 15) is 9.59 Å². The largest absolute Gasteiger partial charge is 0.445 e. The molecule has 1 aliphatic heterocycles. The second kappa shape index (κ2) is 8.11. The molecule has 1 aromatic heterocycles. The molecular weight excluding hydrogens is 364 g/mol. The Balaban J connectivity index is 1.62. The summed E-state index contributed by atoms with van der Waals surface area (Å²) < 4.78 is 7.70. The lowest BCUT2D eigenvalue weighted by Crippen LogP contribution is -2.36. The number of amides is 1. The average molecular weight is 390 g/mol. The van der Waals surface area contributed by atoms with Crippen molar-refractivity contribution in [2.75, 3.05) is 6.54 Å². The minimum absolute atomic E-state index is 0.139. The molecule has 150 valence electrons. The first-order valence-corrected chi connectivity index (χ1v) is 10.2. The van der Waals surface area contributed by atoms with Crippen LogP contribution < -0.4 is 0 Å². The molecule has 0 saturated heterocycles. The number of hydrogen-bond donors (Lipinski definition) is 0. The first kappa shape index (κ1) is 19.2. The van der Waals surface area contributed by atoms with Crippen LogP contribution in [-0.4, -0.2) is 27.9 Å². The lowest BCUT2D eigenvalue weighted by molar-refractivity contribution is -0.117. The van der Waals surface area contributed by atoms with Crippen LogP contribution in [0.4, 0.5) is 4.79 Å². The number of rotatable bonds is 5. The van der Waals surface area contributed by atoms with Gasteiger partial charge in [0.1, 0.15) is 12.4 Å². The SMILES string of the molecule is CCc1cccc2c3c(n(CC(C)=O)c12)CCN(C(=O)OCc1ccccc1)C3. The molecule has 0 bridgehead atoms. The van der Waals surface area contributed by atoms with Gasteiger partial charge < -0.3 is 14.2 Å². The van der Waals surface area contributed by atoms with E-state index in [0.717, 1.165) is 34.9 Å². The molecule has 0 radical (unpaired) electrons. The lowest BCUT2D eigenvalue weighted by atomic mass is 10.0. The summed E-state index contributed by atoms with van der Waals surface area (Å²) in [5.74, 6) is 0.139. The Morgan fingerprint density at radius 2 is 1.86 bits per heavy atom. The van der Waals surface area contributed by atoms with Crippen molar-refractivity contribution in [1.82, 2.24) is 9.47 Å². The Bertz CT molecular complexity index is 1050. The molecule has 0 atom stereocenters. The van der Waals surface area contributed by atoms with Gasteiger partial charge in [0, 0.05) is 29.6 Å². The predicted octanol–water partition coefficient (Wildman–Crippen LogP) is 4.49. The highest BCUT2D eigenvalue weighted by atomic mass is 16.6. The molecule has 1 amide bonds. The van der Waals surface area contributed by atoms with E-state index in [0.29, 0.717) is 19.6 Å². The highest BCUT2D eigenvalue weighted by Gasteiger charge is 2.28. The number of fused-ring (bicyclic) bond motifs is 3. The second-order valence-electron chi connectivity index (χ2n) is 7.59. The maximum absolute atomic E-state index is 12.7. The first-order chi connectivity index (χ1) is 14.1. The van der Waals surface area contributed by atoms with Gasteiger partial charge in [0.15, 0.2) is 0 Å². The lowest BCUT2D eigenvalue weighted by Gasteiger charge is -2.27. The first-order valence-electron chi connectivity index (χ1n) is 10.2. The molecule has 0 aliphatic carbocycles. The van der Waals surface area contributed by atoms with E-state index in [2.05, 4.69) is 29.7 Å². The van der Waals surface area contributed by atoms with Crippen LogP contribution in [0.5, 0.6) is 0 Å². The molecule has 4 rings (SSSR count). The number of carbonyl (C=O) groups is 2. The molecule has 0 spiro atoms. The van der Waals surface area contributed by atoms with Crippen LogP contribution in [0, 0.1) is 0 Å². The van der Waals surface area contributed by atoms with Crippen molar-refractivity contribution in [2.24, 2.45) is 0 Å². The van der Waals surface area contributed by atoms with Gasteiger partial charge in [0.2, 0.25) is 0 Å². The molecule has 2 heterocycles. The number of Topliss-reactive ketones (excluding diaryl/α,β-unsaturated/α-hetero) is 1. The van der Waals surface area contributed by atoms with Crippen molar-refractivity contribution in [1.29, 1.82) is 0 Å². The summed E-state index contributed by atoms with van der Waals surface area (Å²) in [4.78, 5) is 26.4. The van der Waals surface area contributed by atoms with E-state index in [1.54, 1.807) is 11.8 Å². The fourth-order valence-electron chi connectivity index (χ4n) is 4.23. The summed E-state index contributed by atoms with van der Waals surface area (Å²) in [6.07, 6.45) is 1.33. The van der Waals surface area contributed by atoms with Gasteiger partial charge in [-0.2, -0.15) is 0 Å². The van der Waals surface area contributed by atoms with Gasteiger partial charge in [-0.05, 0) is 24.5 Å². The van der Waals surface area contributed by atoms with Crippen LogP contribution in [0.15, 0.2) is 48.5 Å². The van der Waals surface area contributed by atoms with E-state index in [4.69, 9.17) is 4.74 Å². The van der Waals surface area contributed by atoms with E-state index in [1.807, 2.05) is 30.3 Å². The van der Waals surface area contributed by atoms with E-state index >= 15 is 0 Å². The number of nitrogens with zero attached hydrogens (tertiary/aromatic N) is 2. The Kier molecular flexibility index (Phi) is 5.38. The average Bonchev–Trinajstić information content (AvgIpc) is 3.05. The fraction of sp³-hybridized carbons (Fsp3) is 0.333. The third-order valence-corrected chi connectivity index (χ3v) is 5.58. The molecule has 0 unspecified atom stereocenters. The maximum Gasteiger partial charge on any atom is 0.410 e. The minimum atomic E-state index is -0.293. The minimum Gasteiger partial charge on any atom is -0.445 e. The van der Waals surface area contributed by atoms with Crippen LogP contribution in [0.2, 0.25) is 0 Å². The number of hydrogen-bond acceptors (Lipinski definition) is 3. The highest BCUT2D eigenvalue weighted by Crippen LogP contribution is 2.33. The number of aromatic nitrogens is 1. The number of carbonyl (C=O) groups excluding carboxylic acids is 2. The zero-order chi connectivity index (χ0) is 20.4. The van der Waals surface area contributed by atoms with E-state index in [1.165, 1.54) is 11.3 Å². The van der Waals surface area contributed by atoms with Gasteiger partial charge in [-0.25, -0.2) is 4.79 Å². The third kappa shape index (κ3) is 3.77. The molecule has 3 aromatic rings. The van der Waals surface area contributed by atoms with Gasteiger partial charge in [-0.15, -0.1) is 0 Å². The molecule has 1 aliphatic rings. The summed E-state index contributed by atoms with van der Waals surface area (Å²) in [5, 5.41) is 1.14. The van der Waals surface area contributed by atoms with Crippen molar-refractivity contribution in [2.45, 2.75) is 46.4 Å². The van der Waals surface area contributed by atoms with E-state index in [-0.39, 0.29) is 18.5 Å². The molecule has 5 heteroatoms. The molecule has 0 N–H and O–H groups in total. The number of ketones is 1. The normalized spacial score (nSPS) is 13.4. The van der Waals surface area contributed by atoms with Crippen molar-refractivity contribution in [3.63, 3.8) is 0 Å². The van der Waals surface area contributed by atoms with Crippen LogP contribution >= 0.6 is 0 Å². The Morgan fingerprint density at radius 1 is 1.07 bits per heavy atom. The Morgan fingerprint density at radius 3 is 2.59 bits per heavy atom. The van der Waals surface area contributed by atoms with Crippen LogP contribution in [-0.2, 0) is 42.1 Å². The zero-order valence-corrected chi connectivity index (χ0v) is 17.0. The third-order valence-electron chi connectivity index (χ3n) is 5.58. The van der Waals surface area contributed by atoms with Crippen molar-refractivity contribution in [3.8, 4) is 0 Å². The number of aryl methyl sites for hydroxylation is 1. The summed E-state index contributed by atoms with van der Waals surface area (Å²) in [5.41, 5.74) is 5.65. The predicted molar refractivity (Wildman–Crippen MR) is 113 cm³/mol. The molecule has 0 fully saturated rings. The summed E-state index contributed by atoms with van der Waals surface area (Å²) in [6.45, 7) is 5.51. The van der Waals surface area contributed by atoms with Gasteiger partial charge in [0.05, 0.1) is 18.6 Å². The van der Waals surface area contributed by atoms with Gasteiger partial charge in [0.25, 0.3) is 0 Å². The maximum atomic E-state index is 12.7. The number of para-hydroxylation sites is 1. The molecule has 0 saturated carbocycles. The standard InChI is InChI=1S/C24H26N2O3/c1-3-19-10-7-11-20-21-15-25(24(28)29-16-18-8-5-4-6-9-18)13-12-22(21)26(23(19)20)14-17(2)27/h4-11H,3,12-16H2,1-2H3. The molecule has 29 heavy (non-hydrogen) atoms. The molecule has 2 aromatic carbocycles. The Hall–Kier alpha value is -3.08. The van der Waals surface area contributed by atoms with Crippen LogP contribution in [0.25, 0.3) is 10.9 Å². The van der Waals surface area contributed by atoms with Crippen molar-refractivity contribution < 1.29 is 14.3 Å². The number of benzene rings is 2. The molecule has 5 nitrogen and oxygen atoms in total. The number of ether oxygens (including phenoxy) is 1. The van der Waals surface area contributed by atoms with Gasteiger partial charge in [-0.1, -0.05) is 55.5 Å². The quantitative estimate of drug-likeness (QED) is 0.645. The smallest absolute Gasteiger partial charge is 0.410 e. The van der Waals surface area contributed by atoms with Gasteiger partial charge >= 0.3 is 6.09 Å². The topological polar surface area (TPSA) is 51.5 Å². The Labute approximate surface area is 170 Å². The van der Waals surface area contributed by atoms with Crippen LogP contribution in [0.1, 0.15) is 36.2 Å². The summed E-state index contributed by atoms with van der Waals surface area (Å²) in [6, 6.07) is 16.0. The molecular formula is C24H26N2O3.